The average molecular weight is 252 g/mol. The van der Waals surface area contributed by atoms with Gasteiger partial charge in [0.15, 0.2) is 6.61 Å². The number of carbonyl (C=O) groups excluding carboxylic acids is 2. The van der Waals surface area contributed by atoms with Crippen LogP contribution in [0.3, 0.4) is 0 Å². The van der Waals surface area contributed by atoms with Gasteiger partial charge < -0.3 is 9.47 Å². The number of carbonyl (C=O) groups is 2. The number of rotatable bonds is 4. The number of benzene rings is 1. The van der Waals surface area contributed by atoms with Crippen LogP contribution in [-0.4, -0.2) is 25.7 Å². The second-order valence-electron chi connectivity index (χ2n) is 3.45. The largest absolute Gasteiger partial charge is 0.484 e. The van der Waals surface area contributed by atoms with E-state index < -0.39 is 12.0 Å². The van der Waals surface area contributed by atoms with Crippen LogP contribution in [0.5, 0.6) is 5.75 Å². The van der Waals surface area contributed by atoms with E-state index in [9.17, 15) is 9.59 Å². The van der Waals surface area contributed by atoms with Gasteiger partial charge in [0.25, 0.3) is 5.91 Å². The fraction of sp³-hybridized carbons (Fsp3) is 0.333. The van der Waals surface area contributed by atoms with Gasteiger partial charge in [-0.05, 0) is 24.1 Å². The van der Waals surface area contributed by atoms with Crippen molar-refractivity contribution in [1.82, 2.24) is 10.9 Å². The number of amides is 2. The van der Waals surface area contributed by atoms with Gasteiger partial charge in [0, 0.05) is 0 Å². The molecule has 98 valence electrons. The molecular weight excluding hydrogens is 236 g/mol. The SMILES string of the molecule is CCc1ccc(OCC(=O)NNC(=O)OC)cc1. The highest BCUT2D eigenvalue weighted by molar-refractivity contribution is 5.80. The lowest BCUT2D eigenvalue weighted by molar-refractivity contribution is -0.123. The number of hydrogen-bond donors (Lipinski definition) is 2. The van der Waals surface area contributed by atoms with Crippen molar-refractivity contribution in [3.05, 3.63) is 29.8 Å². The maximum absolute atomic E-state index is 11.3. The molecule has 2 N–H and O–H groups in total. The Labute approximate surface area is 105 Å². The van der Waals surface area contributed by atoms with Gasteiger partial charge in [0.2, 0.25) is 0 Å². The molecule has 1 aromatic carbocycles. The van der Waals surface area contributed by atoms with E-state index in [-0.39, 0.29) is 6.61 Å². The van der Waals surface area contributed by atoms with Crippen LogP contribution in [0.2, 0.25) is 0 Å². The van der Waals surface area contributed by atoms with Gasteiger partial charge >= 0.3 is 6.09 Å². The van der Waals surface area contributed by atoms with Crippen LogP contribution in [0.25, 0.3) is 0 Å². The first kappa shape index (κ1) is 13.8. The summed E-state index contributed by atoms with van der Waals surface area (Å²) in [4.78, 5) is 21.9. The first-order chi connectivity index (χ1) is 8.65. The molecule has 0 aliphatic rings. The number of hydrogen-bond acceptors (Lipinski definition) is 4. The first-order valence-electron chi connectivity index (χ1n) is 5.50. The smallest absolute Gasteiger partial charge is 0.425 e. The van der Waals surface area contributed by atoms with Crippen LogP contribution in [0.15, 0.2) is 24.3 Å². The molecule has 0 heterocycles. The van der Waals surface area contributed by atoms with Crippen molar-refractivity contribution in [3.63, 3.8) is 0 Å². The van der Waals surface area contributed by atoms with Crippen molar-refractivity contribution in [2.75, 3.05) is 13.7 Å². The van der Waals surface area contributed by atoms with Crippen molar-refractivity contribution in [2.24, 2.45) is 0 Å². The summed E-state index contributed by atoms with van der Waals surface area (Å²) in [5.74, 6) is 0.125. The zero-order chi connectivity index (χ0) is 13.4. The van der Waals surface area contributed by atoms with E-state index in [2.05, 4.69) is 17.1 Å². The summed E-state index contributed by atoms with van der Waals surface area (Å²) in [6, 6.07) is 7.44. The van der Waals surface area contributed by atoms with Crippen LogP contribution >= 0.6 is 0 Å². The third-order valence-electron chi connectivity index (χ3n) is 2.19. The average Bonchev–Trinajstić information content (AvgIpc) is 2.42. The molecule has 6 heteroatoms. The minimum atomic E-state index is -0.740. The Morgan fingerprint density at radius 1 is 1.17 bits per heavy atom. The summed E-state index contributed by atoms with van der Waals surface area (Å²) in [5, 5.41) is 0. The standard InChI is InChI=1S/C12H16N2O4/c1-3-9-4-6-10(7-5-9)18-8-11(15)13-14-12(16)17-2/h4-7H,3,8H2,1-2H3,(H,13,15)(H,14,16). The summed E-state index contributed by atoms with van der Waals surface area (Å²) >= 11 is 0. The van der Waals surface area contributed by atoms with E-state index in [1.54, 1.807) is 12.1 Å². The van der Waals surface area contributed by atoms with Crippen LogP contribution < -0.4 is 15.6 Å². The Bertz CT molecular complexity index is 403. The Hall–Kier alpha value is -2.24. The summed E-state index contributed by atoms with van der Waals surface area (Å²) < 4.78 is 9.51. The Kier molecular flexibility index (Phi) is 5.50. The van der Waals surface area contributed by atoms with E-state index in [0.29, 0.717) is 5.75 Å². The van der Waals surface area contributed by atoms with Crippen molar-refractivity contribution >= 4 is 12.0 Å². The molecule has 0 unspecified atom stereocenters. The predicted molar refractivity (Wildman–Crippen MR) is 65.0 cm³/mol. The molecule has 0 saturated heterocycles. The molecule has 0 bridgehead atoms. The number of methoxy groups -OCH3 is 1. The fourth-order valence-corrected chi connectivity index (χ4v) is 1.18. The summed E-state index contributed by atoms with van der Waals surface area (Å²) in [6.45, 7) is 1.87. The molecule has 1 rings (SSSR count). The quantitative estimate of drug-likeness (QED) is 0.784. The summed E-state index contributed by atoms with van der Waals surface area (Å²) in [7, 11) is 1.20. The monoisotopic (exact) mass is 252 g/mol. The van der Waals surface area contributed by atoms with Crippen LogP contribution in [0, 0.1) is 0 Å². The lowest BCUT2D eigenvalue weighted by atomic mass is 10.2. The van der Waals surface area contributed by atoms with Gasteiger partial charge in [0.1, 0.15) is 5.75 Å². The van der Waals surface area contributed by atoms with E-state index in [1.165, 1.54) is 12.7 Å². The molecule has 0 aliphatic heterocycles. The second kappa shape index (κ2) is 7.16. The van der Waals surface area contributed by atoms with Crippen LogP contribution in [-0.2, 0) is 16.0 Å². The lowest BCUT2D eigenvalue weighted by Crippen LogP contribution is -2.43. The van der Waals surface area contributed by atoms with Crippen molar-refractivity contribution in [2.45, 2.75) is 13.3 Å². The van der Waals surface area contributed by atoms with E-state index >= 15 is 0 Å². The summed E-state index contributed by atoms with van der Waals surface area (Å²) in [5.41, 5.74) is 5.38. The van der Waals surface area contributed by atoms with Crippen molar-refractivity contribution in [1.29, 1.82) is 0 Å². The molecule has 6 nitrogen and oxygen atoms in total. The molecule has 0 radical (unpaired) electrons. The van der Waals surface area contributed by atoms with Gasteiger partial charge in [-0.2, -0.15) is 0 Å². The zero-order valence-corrected chi connectivity index (χ0v) is 10.4. The van der Waals surface area contributed by atoms with Crippen molar-refractivity contribution < 1.29 is 19.1 Å². The van der Waals surface area contributed by atoms with E-state index in [0.717, 1.165) is 6.42 Å². The van der Waals surface area contributed by atoms with Crippen molar-refractivity contribution in [3.8, 4) is 5.75 Å². The molecule has 0 aromatic heterocycles. The molecule has 2 amide bonds. The van der Waals surface area contributed by atoms with E-state index in [1.807, 2.05) is 17.6 Å². The Morgan fingerprint density at radius 2 is 1.83 bits per heavy atom. The molecule has 1 aromatic rings. The zero-order valence-electron chi connectivity index (χ0n) is 10.4. The molecule has 0 spiro atoms. The van der Waals surface area contributed by atoms with Gasteiger partial charge in [-0.25, -0.2) is 10.2 Å². The maximum atomic E-state index is 11.3. The van der Waals surface area contributed by atoms with Crippen LogP contribution in [0.1, 0.15) is 12.5 Å². The number of nitrogens with one attached hydrogen (secondary N) is 2. The van der Waals surface area contributed by atoms with Gasteiger partial charge in [-0.3, -0.25) is 10.2 Å². The third-order valence-corrected chi connectivity index (χ3v) is 2.19. The molecule has 0 fully saturated rings. The predicted octanol–water partition coefficient (Wildman–Crippen LogP) is 1.01. The molecule has 18 heavy (non-hydrogen) atoms. The molecule has 0 aliphatic carbocycles. The number of hydrazine groups is 1. The summed E-state index contributed by atoms with van der Waals surface area (Å²) in [6.07, 6.45) is 0.208. The molecule has 0 saturated carbocycles. The molecule has 0 atom stereocenters. The topological polar surface area (TPSA) is 76.7 Å². The number of ether oxygens (including phenoxy) is 2. The lowest BCUT2D eigenvalue weighted by Gasteiger charge is -2.08. The third kappa shape index (κ3) is 4.73. The highest BCUT2D eigenvalue weighted by Crippen LogP contribution is 2.12. The fourth-order valence-electron chi connectivity index (χ4n) is 1.18. The highest BCUT2D eigenvalue weighted by Gasteiger charge is 2.04. The van der Waals surface area contributed by atoms with Gasteiger partial charge in [0.05, 0.1) is 7.11 Å². The number of aryl methyl sites for hydroxylation is 1. The minimum absolute atomic E-state index is 0.185. The maximum Gasteiger partial charge on any atom is 0.425 e. The van der Waals surface area contributed by atoms with Crippen LogP contribution in [0.4, 0.5) is 4.79 Å². The normalized spacial score (nSPS) is 9.44. The first-order valence-corrected chi connectivity index (χ1v) is 5.50. The van der Waals surface area contributed by atoms with Gasteiger partial charge in [-0.1, -0.05) is 19.1 Å². The minimum Gasteiger partial charge on any atom is -0.484 e. The van der Waals surface area contributed by atoms with Gasteiger partial charge in [-0.15, -0.1) is 0 Å². The van der Waals surface area contributed by atoms with E-state index in [4.69, 9.17) is 4.74 Å². The Balaban J connectivity index is 2.31. The Morgan fingerprint density at radius 3 is 2.39 bits per heavy atom. The highest BCUT2D eigenvalue weighted by atomic mass is 16.5. The second-order valence-corrected chi connectivity index (χ2v) is 3.45. The molecular formula is C12H16N2O4.